The summed E-state index contributed by atoms with van der Waals surface area (Å²) in [6.45, 7) is 0. The first-order valence-electron chi connectivity index (χ1n) is 4.14. The Morgan fingerprint density at radius 1 is 1.06 bits per heavy atom. The van der Waals surface area contributed by atoms with Crippen LogP contribution in [0.1, 0.15) is 5.56 Å². The molecule has 0 saturated heterocycles. The maximum absolute atomic E-state index is 12.3. The predicted molar refractivity (Wildman–Crippen MR) is 49.9 cm³/mol. The van der Waals surface area contributed by atoms with Crippen LogP contribution in [0.15, 0.2) is 23.1 Å². The van der Waals surface area contributed by atoms with Crippen LogP contribution in [0.3, 0.4) is 0 Å². The fourth-order valence-corrected chi connectivity index (χ4v) is 1.56. The molecule has 0 N–H and O–H groups in total. The Morgan fingerprint density at radius 2 is 1.65 bits per heavy atom. The van der Waals surface area contributed by atoms with Gasteiger partial charge >= 0.3 is 12.5 Å². The second-order valence-corrected chi connectivity index (χ2v) is 3.76. The van der Waals surface area contributed by atoms with Crippen molar-refractivity contribution >= 4 is 11.8 Å². The van der Waals surface area contributed by atoms with Crippen LogP contribution in [0.2, 0.25) is 0 Å². The number of alkyl halides is 6. The molecule has 0 aliphatic carbocycles. The number of hydrogen-bond donors (Lipinski definition) is 0. The third-order valence-electron chi connectivity index (χ3n) is 1.72. The van der Waals surface area contributed by atoms with Crippen molar-refractivity contribution in [2.75, 3.05) is 6.26 Å². The average molecular weight is 276 g/mol. The molecule has 1 rings (SSSR count). The summed E-state index contributed by atoms with van der Waals surface area (Å²) < 4.78 is 76.3. The monoisotopic (exact) mass is 276 g/mol. The standard InChI is InChI=1S/C9H6F6OS/c1-17-7-3-2-5(8(10,11)12)4-6(7)16-9(13,14)15/h2-4H,1H3. The summed E-state index contributed by atoms with van der Waals surface area (Å²) in [7, 11) is 0. The molecule has 96 valence electrons. The lowest BCUT2D eigenvalue weighted by molar-refractivity contribution is -0.275. The van der Waals surface area contributed by atoms with Crippen molar-refractivity contribution in [2.24, 2.45) is 0 Å². The van der Waals surface area contributed by atoms with Crippen LogP contribution in [-0.4, -0.2) is 12.6 Å². The van der Waals surface area contributed by atoms with E-state index < -0.39 is 23.9 Å². The number of ether oxygens (including phenoxy) is 1. The van der Waals surface area contributed by atoms with Crippen molar-refractivity contribution in [3.8, 4) is 5.75 Å². The lowest BCUT2D eigenvalue weighted by atomic mass is 10.2. The summed E-state index contributed by atoms with van der Waals surface area (Å²) in [5.74, 6) is -0.847. The fourth-order valence-electron chi connectivity index (χ4n) is 1.06. The molecule has 1 aromatic rings. The molecule has 0 heterocycles. The first kappa shape index (κ1) is 14.0. The summed E-state index contributed by atoms with van der Waals surface area (Å²) >= 11 is 0.863. The Kier molecular flexibility index (Phi) is 3.85. The summed E-state index contributed by atoms with van der Waals surface area (Å²) in [4.78, 5) is -0.0182. The molecular weight excluding hydrogens is 270 g/mol. The van der Waals surface area contributed by atoms with Gasteiger partial charge in [-0.25, -0.2) is 0 Å². The van der Waals surface area contributed by atoms with E-state index in [9.17, 15) is 26.3 Å². The van der Waals surface area contributed by atoms with Gasteiger partial charge in [-0.1, -0.05) is 0 Å². The first-order valence-corrected chi connectivity index (χ1v) is 5.37. The number of thioether (sulfide) groups is 1. The van der Waals surface area contributed by atoms with E-state index in [0.717, 1.165) is 17.8 Å². The Morgan fingerprint density at radius 3 is 2.06 bits per heavy atom. The van der Waals surface area contributed by atoms with Crippen LogP contribution in [-0.2, 0) is 6.18 Å². The molecule has 1 aromatic carbocycles. The lowest BCUT2D eigenvalue weighted by Gasteiger charge is -2.14. The van der Waals surface area contributed by atoms with Crippen LogP contribution in [0.4, 0.5) is 26.3 Å². The summed E-state index contributed by atoms with van der Waals surface area (Å²) in [5.41, 5.74) is -1.19. The van der Waals surface area contributed by atoms with Crippen molar-refractivity contribution in [1.29, 1.82) is 0 Å². The highest BCUT2D eigenvalue weighted by Crippen LogP contribution is 2.38. The molecule has 0 amide bonds. The van der Waals surface area contributed by atoms with Gasteiger partial charge in [-0.3, -0.25) is 0 Å². The van der Waals surface area contributed by atoms with Gasteiger partial charge in [-0.05, 0) is 24.5 Å². The molecule has 0 aliphatic rings. The molecule has 0 aromatic heterocycles. The van der Waals surface area contributed by atoms with E-state index in [1.165, 1.54) is 6.26 Å². The van der Waals surface area contributed by atoms with Crippen molar-refractivity contribution < 1.29 is 31.1 Å². The van der Waals surface area contributed by atoms with E-state index in [1.807, 2.05) is 0 Å². The molecular formula is C9H6F6OS. The topological polar surface area (TPSA) is 9.23 Å². The second kappa shape index (κ2) is 4.67. The fraction of sp³-hybridized carbons (Fsp3) is 0.333. The first-order chi connectivity index (χ1) is 7.63. The molecule has 0 radical (unpaired) electrons. The average Bonchev–Trinajstić information content (AvgIpc) is 2.13. The molecule has 8 heteroatoms. The van der Waals surface area contributed by atoms with E-state index in [4.69, 9.17) is 0 Å². The van der Waals surface area contributed by atoms with Crippen molar-refractivity contribution in [3.05, 3.63) is 23.8 Å². The Balaban J connectivity index is 3.16. The van der Waals surface area contributed by atoms with Crippen LogP contribution >= 0.6 is 11.8 Å². The minimum absolute atomic E-state index is 0.0182. The zero-order chi connectivity index (χ0) is 13.3. The Bertz CT molecular complexity index is 397. The van der Waals surface area contributed by atoms with Gasteiger partial charge in [0.05, 0.1) is 5.56 Å². The Hall–Kier alpha value is -1.05. The van der Waals surface area contributed by atoms with E-state index in [2.05, 4.69) is 4.74 Å². The van der Waals surface area contributed by atoms with Crippen molar-refractivity contribution in [2.45, 2.75) is 17.4 Å². The molecule has 0 saturated carbocycles. The molecule has 0 aliphatic heterocycles. The number of halogens is 6. The third-order valence-corrected chi connectivity index (χ3v) is 2.49. The van der Waals surface area contributed by atoms with Gasteiger partial charge in [0.2, 0.25) is 0 Å². The van der Waals surface area contributed by atoms with E-state index in [1.54, 1.807) is 0 Å². The minimum Gasteiger partial charge on any atom is -0.405 e. The molecule has 0 atom stereocenters. The molecule has 0 unspecified atom stereocenters. The molecule has 0 fully saturated rings. The highest BCUT2D eigenvalue weighted by Gasteiger charge is 2.35. The smallest absolute Gasteiger partial charge is 0.405 e. The minimum atomic E-state index is -5.02. The molecule has 0 spiro atoms. The van der Waals surface area contributed by atoms with Gasteiger partial charge in [0.1, 0.15) is 5.75 Å². The maximum atomic E-state index is 12.3. The summed E-state index contributed by atoms with van der Waals surface area (Å²) in [6.07, 6.45) is -8.29. The van der Waals surface area contributed by atoms with Crippen LogP contribution in [0, 0.1) is 0 Å². The van der Waals surface area contributed by atoms with Gasteiger partial charge in [0.25, 0.3) is 0 Å². The largest absolute Gasteiger partial charge is 0.573 e. The van der Waals surface area contributed by atoms with E-state index in [0.29, 0.717) is 12.1 Å². The molecule has 0 bridgehead atoms. The lowest BCUT2D eigenvalue weighted by Crippen LogP contribution is -2.18. The van der Waals surface area contributed by atoms with Crippen LogP contribution < -0.4 is 4.74 Å². The number of hydrogen-bond acceptors (Lipinski definition) is 2. The predicted octanol–water partition coefficient (Wildman–Crippen LogP) is 4.33. The number of benzene rings is 1. The summed E-state index contributed by atoms with van der Waals surface area (Å²) in [5, 5.41) is 0. The van der Waals surface area contributed by atoms with Crippen LogP contribution in [0.25, 0.3) is 0 Å². The SMILES string of the molecule is CSc1ccc(C(F)(F)F)cc1OC(F)(F)F. The normalized spacial score (nSPS) is 12.6. The highest BCUT2D eigenvalue weighted by atomic mass is 32.2. The van der Waals surface area contributed by atoms with Gasteiger partial charge in [0, 0.05) is 4.90 Å². The zero-order valence-electron chi connectivity index (χ0n) is 8.32. The number of rotatable bonds is 2. The van der Waals surface area contributed by atoms with E-state index >= 15 is 0 Å². The maximum Gasteiger partial charge on any atom is 0.573 e. The molecule has 17 heavy (non-hydrogen) atoms. The van der Waals surface area contributed by atoms with Crippen LogP contribution in [0.5, 0.6) is 5.75 Å². The van der Waals surface area contributed by atoms with Gasteiger partial charge in [0.15, 0.2) is 0 Å². The zero-order valence-corrected chi connectivity index (χ0v) is 9.13. The third kappa shape index (κ3) is 4.03. The highest BCUT2D eigenvalue weighted by molar-refractivity contribution is 7.98. The molecule has 1 nitrogen and oxygen atoms in total. The Labute approximate surface area is 96.8 Å². The quantitative estimate of drug-likeness (QED) is 0.587. The summed E-state index contributed by atoms with van der Waals surface area (Å²) in [6, 6.07) is 1.98. The van der Waals surface area contributed by atoms with Crippen molar-refractivity contribution in [1.82, 2.24) is 0 Å². The van der Waals surface area contributed by atoms with Gasteiger partial charge in [-0.15, -0.1) is 24.9 Å². The van der Waals surface area contributed by atoms with Crippen molar-refractivity contribution in [3.63, 3.8) is 0 Å². The van der Waals surface area contributed by atoms with E-state index in [-0.39, 0.29) is 4.90 Å². The van der Waals surface area contributed by atoms with Gasteiger partial charge in [-0.2, -0.15) is 13.2 Å². The second-order valence-electron chi connectivity index (χ2n) is 2.91. The van der Waals surface area contributed by atoms with Gasteiger partial charge < -0.3 is 4.74 Å².